The zero-order valence-corrected chi connectivity index (χ0v) is 6.61. The Morgan fingerprint density at radius 1 is 1.50 bits per heavy atom. The van der Waals surface area contributed by atoms with Crippen molar-refractivity contribution in [1.82, 2.24) is 5.32 Å². The van der Waals surface area contributed by atoms with E-state index in [1.54, 1.807) is 0 Å². The summed E-state index contributed by atoms with van der Waals surface area (Å²) < 4.78 is 0. The number of rotatable bonds is 1. The molecule has 1 saturated heterocycles. The summed E-state index contributed by atoms with van der Waals surface area (Å²) in [5, 5.41) is 3.60. The lowest BCUT2D eigenvalue weighted by atomic mass is 10.2. The first-order valence-corrected chi connectivity index (χ1v) is 4.32. The first-order chi connectivity index (χ1) is 4.85. The van der Waals surface area contributed by atoms with Crippen molar-refractivity contribution in [3.05, 3.63) is 11.8 Å². The van der Waals surface area contributed by atoms with Gasteiger partial charge in [-0.15, -0.1) is 0 Å². The average Bonchev–Trinajstić information content (AvgIpc) is 2.52. The van der Waals surface area contributed by atoms with Gasteiger partial charge in [-0.25, -0.2) is 0 Å². The third kappa shape index (κ3) is 0.938. The molecule has 0 aromatic carbocycles. The van der Waals surface area contributed by atoms with Crippen LogP contribution in [-0.4, -0.2) is 5.54 Å². The third-order valence-corrected chi connectivity index (χ3v) is 2.60. The van der Waals surface area contributed by atoms with E-state index in [0.29, 0.717) is 5.54 Å². The predicted octanol–water partition coefficient (Wildman–Crippen LogP) is 2.20. The van der Waals surface area contributed by atoms with Crippen LogP contribution >= 0.6 is 0 Å². The summed E-state index contributed by atoms with van der Waals surface area (Å²) in [7, 11) is 0. The molecule has 0 unspecified atom stereocenters. The van der Waals surface area contributed by atoms with Crippen LogP contribution in [-0.2, 0) is 0 Å². The highest BCUT2D eigenvalue weighted by molar-refractivity contribution is 5.19. The van der Waals surface area contributed by atoms with Gasteiger partial charge in [-0.1, -0.05) is 13.0 Å². The lowest BCUT2D eigenvalue weighted by Gasteiger charge is -2.05. The number of nitrogens with one attached hydrogen (secondary N) is 1. The zero-order chi connectivity index (χ0) is 7.03. The summed E-state index contributed by atoms with van der Waals surface area (Å²) in [5.74, 6) is 0. The molecule has 0 aromatic rings. The van der Waals surface area contributed by atoms with E-state index >= 15 is 0 Å². The average molecular weight is 137 g/mol. The fourth-order valence-corrected chi connectivity index (χ4v) is 1.76. The summed E-state index contributed by atoms with van der Waals surface area (Å²) in [5.41, 5.74) is 2.10. The molecule has 1 aliphatic heterocycles. The summed E-state index contributed by atoms with van der Waals surface area (Å²) in [6.45, 7) is 2.20. The molecule has 2 aliphatic rings. The first kappa shape index (κ1) is 6.26. The topological polar surface area (TPSA) is 12.0 Å². The van der Waals surface area contributed by atoms with E-state index < -0.39 is 0 Å². The maximum absolute atomic E-state index is 3.60. The fourth-order valence-electron chi connectivity index (χ4n) is 1.76. The highest BCUT2D eigenvalue weighted by Gasteiger charge is 2.45. The van der Waals surface area contributed by atoms with Gasteiger partial charge in [0.1, 0.15) is 0 Å². The minimum atomic E-state index is 0.598. The number of hydrogen-bond donors (Lipinski definition) is 1. The Labute approximate surface area is 62.5 Å². The minimum Gasteiger partial charge on any atom is -0.383 e. The SMILES string of the molecule is CC/C=C1/CCC2(CC2)N1. The second-order valence-electron chi connectivity index (χ2n) is 3.54. The Hall–Kier alpha value is -0.460. The summed E-state index contributed by atoms with van der Waals surface area (Å²) in [6, 6.07) is 0. The molecule has 1 spiro atoms. The largest absolute Gasteiger partial charge is 0.383 e. The van der Waals surface area contributed by atoms with Crippen LogP contribution < -0.4 is 5.32 Å². The highest BCUT2D eigenvalue weighted by atomic mass is 15.1. The molecule has 0 bridgehead atoms. The molecule has 0 aromatic heterocycles. The van der Waals surface area contributed by atoms with Crippen LogP contribution in [0, 0.1) is 0 Å². The zero-order valence-electron chi connectivity index (χ0n) is 6.61. The van der Waals surface area contributed by atoms with Crippen LogP contribution in [0.5, 0.6) is 0 Å². The molecule has 2 rings (SSSR count). The van der Waals surface area contributed by atoms with Gasteiger partial charge >= 0.3 is 0 Å². The van der Waals surface area contributed by atoms with Crippen LogP contribution in [0.15, 0.2) is 11.8 Å². The molecule has 10 heavy (non-hydrogen) atoms. The van der Waals surface area contributed by atoms with Crippen molar-refractivity contribution in [2.75, 3.05) is 0 Å². The summed E-state index contributed by atoms with van der Waals surface area (Å²) >= 11 is 0. The van der Waals surface area contributed by atoms with Crippen LogP contribution in [0.25, 0.3) is 0 Å². The second kappa shape index (κ2) is 2.01. The maximum atomic E-state index is 3.60. The Morgan fingerprint density at radius 3 is 2.80 bits per heavy atom. The highest BCUT2D eigenvalue weighted by Crippen LogP contribution is 2.45. The maximum Gasteiger partial charge on any atom is 0.0376 e. The number of allylic oxidation sites excluding steroid dienone is 2. The van der Waals surface area contributed by atoms with Gasteiger partial charge in [0.2, 0.25) is 0 Å². The predicted molar refractivity (Wildman–Crippen MR) is 42.7 cm³/mol. The molecule has 0 radical (unpaired) electrons. The number of hydrogen-bond acceptors (Lipinski definition) is 1. The van der Waals surface area contributed by atoms with Crippen molar-refractivity contribution in [3.63, 3.8) is 0 Å². The van der Waals surface area contributed by atoms with Gasteiger partial charge in [0.05, 0.1) is 0 Å². The van der Waals surface area contributed by atoms with Gasteiger partial charge in [0.15, 0.2) is 0 Å². The van der Waals surface area contributed by atoms with E-state index in [9.17, 15) is 0 Å². The molecule has 1 N–H and O–H groups in total. The molecular formula is C9H15N. The molecule has 1 heteroatoms. The van der Waals surface area contributed by atoms with Crippen molar-refractivity contribution < 1.29 is 0 Å². The quantitative estimate of drug-likeness (QED) is 0.584. The van der Waals surface area contributed by atoms with Gasteiger partial charge in [-0.3, -0.25) is 0 Å². The Kier molecular flexibility index (Phi) is 1.26. The van der Waals surface area contributed by atoms with Crippen LogP contribution in [0.4, 0.5) is 0 Å². The minimum absolute atomic E-state index is 0.598. The molecule has 1 aliphatic carbocycles. The Balaban J connectivity index is 1.99. The van der Waals surface area contributed by atoms with E-state index in [0.717, 1.165) is 0 Å². The van der Waals surface area contributed by atoms with Crippen LogP contribution in [0.3, 0.4) is 0 Å². The molecular weight excluding hydrogens is 122 g/mol. The summed E-state index contributed by atoms with van der Waals surface area (Å²) in [6.07, 6.45) is 9.01. The van der Waals surface area contributed by atoms with Crippen LogP contribution in [0.2, 0.25) is 0 Å². The molecule has 0 atom stereocenters. The molecule has 1 heterocycles. The van der Waals surface area contributed by atoms with E-state index in [4.69, 9.17) is 0 Å². The van der Waals surface area contributed by atoms with Crippen LogP contribution in [0.1, 0.15) is 39.0 Å². The monoisotopic (exact) mass is 137 g/mol. The van der Waals surface area contributed by atoms with Crippen molar-refractivity contribution >= 4 is 0 Å². The van der Waals surface area contributed by atoms with Gasteiger partial charge in [0, 0.05) is 11.2 Å². The van der Waals surface area contributed by atoms with Crippen molar-refractivity contribution in [1.29, 1.82) is 0 Å². The van der Waals surface area contributed by atoms with E-state index in [1.807, 2.05) is 0 Å². The third-order valence-electron chi connectivity index (χ3n) is 2.60. The van der Waals surface area contributed by atoms with E-state index in [1.165, 1.54) is 37.8 Å². The Morgan fingerprint density at radius 2 is 2.30 bits per heavy atom. The molecule has 2 fully saturated rings. The lowest BCUT2D eigenvalue weighted by Crippen LogP contribution is -2.21. The molecule has 1 saturated carbocycles. The van der Waals surface area contributed by atoms with Crippen molar-refractivity contribution in [2.24, 2.45) is 0 Å². The normalized spacial score (nSPS) is 31.1. The Bertz CT molecular complexity index is 166. The first-order valence-electron chi connectivity index (χ1n) is 4.32. The molecule has 56 valence electrons. The van der Waals surface area contributed by atoms with Gasteiger partial charge in [-0.05, 0) is 32.1 Å². The smallest absolute Gasteiger partial charge is 0.0376 e. The molecule has 0 amide bonds. The summed E-state index contributed by atoms with van der Waals surface area (Å²) in [4.78, 5) is 0. The van der Waals surface area contributed by atoms with Gasteiger partial charge in [-0.2, -0.15) is 0 Å². The van der Waals surface area contributed by atoms with E-state index in [2.05, 4.69) is 18.3 Å². The van der Waals surface area contributed by atoms with Gasteiger partial charge < -0.3 is 5.32 Å². The van der Waals surface area contributed by atoms with E-state index in [-0.39, 0.29) is 0 Å². The lowest BCUT2D eigenvalue weighted by molar-refractivity contribution is 0.615. The fraction of sp³-hybridized carbons (Fsp3) is 0.778. The van der Waals surface area contributed by atoms with Crippen molar-refractivity contribution in [2.45, 2.75) is 44.6 Å². The van der Waals surface area contributed by atoms with Gasteiger partial charge in [0.25, 0.3) is 0 Å². The van der Waals surface area contributed by atoms with Crippen molar-refractivity contribution in [3.8, 4) is 0 Å². The second-order valence-corrected chi connectivity index (χ2v) is 3.54. The standard InChI is InChI=1S/C9H15N/c1-2-3-8-4-5-9(10-8)6-7-9/h3,10H,2,4-7H2,1H3/b8-3-. The molecule has 1 nitrogen and oxygen atoms in total.